The van der Waals surface area contributed by atoms with Gasteiger partial charge in [0.2, 0.25) is 0 Å². The van der Waals surface area contributed by atoms with E-state index in [9.17, 15) is 8.78 Å². The van der Waals surface area contributed by atoms with E-state index < -0.39 is 11.6 Å². The Labute approximate surface area is 93.1 Å². The van der Waals surface area contributed by atoms with Crippen LogP contribution in [-0.4, -0.2) is 11.3 Å². The van der Waals surface area contributed by atoms with E-state index >= 15 is 0 Å². The summed E-state index contributed by atoms with van der Waals surface area (Å²) in [6.07, 6.45) is 0.873. The minimum Gasteiger partial charge on any atom is -0.327 e. The molecule has 15 heavy (non-hydrogen) atoms. The molecule has 0 saturated carbocycles. The number of thioether (sulfide) groups is 1. The van der Waals surface area contributed by atoms with Crippen LogP contribution in [0, 0.1) is 11.6 Å². The predicted molar refractivity (Wildman–Crippen MR) is 59.9 cm³/mol. The zero-order valence-corrected chi connectivity index (χ0v) is 9.65. The van der Waals surface area contributed by atoms with Gasteiger partial charge in [0.25, 0.3) is 0 Å². The summed E-state index contributed by atoms with van der Waals surface area (Å²) in [5, 5.41) is 0.194. The van der Waals surface area contributed by atoms with Gasteiger partial charge in [0, 0.05) is 16.2 Å². The van der Waals surface area contributed by atoms with Crippen LogP contribution in [-0.2, 0) is 0 Å². The summed E-state index contributed by atoms with van der Waals surface area (Å²) < 4.78 is 25.5. The van der Waals surface area contributed by atoms with Gasteiger partial charge in [-0.2, -0.15) is 0 Å². The third-order valence-corrected chi connectivity index (χ3v) is 3.53. The molecule has 0 aliphatic carbocycles. The van der Waals surface area contributed by atoms with Crippen LogP contribution in [0.2, 0.25) is 0 Å². The SMILES string of the molecule is CCC(N)C(C)Sc1ccc(F)c(F)c1. The largest absolute Gasteiger partial charge is 0.327 e. The Hall–Kier alpha value is -0.610. The molecule has 0 bridgehead atoms. The van der Waals surface area contributed by atoms with Crippen LogP contribution < -0.4 is 5.73 Å². The monoisotopic (exact) mass is 231 g/mol. The lowest BCUT2D eigenvalue weighted by Crippen LogP contribution is -2.29. The molecule has 0 aliphatic heterocycles. The summed E-state index contributed by atoms with van der Waals surface area (Å²) >= 11 is 1.47. The number of halogens is 2. The average Bonchev–Trinajstić information content (AvgIpc) is 2.22. The van der Waals surface area contributed by atoms with Crippen molar-refractivity contribution in [3.05, 3.63) is 29.8 Å². The second-order valence-electron chi connectivity index (χ2n) is 3.47. The summed E-state index contributed by atoms with van der Waals surface area (Å²) in [6, 6.07) is 3.99. The van der Waals surface area contributed by atoms with Crippen molar-refractivity contribution >= 4 is 11.8 Å². The molecule has 1 rings (SSSR count). The third-order valence-electron chi connectivity index (χ3n) is 2.29. The van der Waals surface area contributed by atoms with Crippen LogP contribution in [0.5, 0.6) is 0 Å². The lowest BCUT2D eigenvalue weighted by atomic mass is 10.2. The van der Waals surface area contributed by atoms with Gasteiger partial charge in [-0.05, 0) is 24.6 Å². The Morgan fingerprint density at radius 3 is 2.53 bits per heavy atom. The van der Waals surface area contributed by atoms with Gasteiger partial charge in [-0.25, -0.2) is 8.78 Å². The smallest absolute Gasteiger partial charge is 0.159 e. The van der Waals surface area contributed by atoms with Crippen LogP contribution in [0.25, 0.3) is 0 Å². The first kappa shape index (κ1) is 12.5. The van der Waals surface area contributed by atoms with E-state index in [1.54, 1.807) is 6.07 Å². The Morgan fingerprint density at radius 2 is 2.00 bits per heavy atom. The fourth-order valence-electron chi connectivity index (χ4n) is 1.18. The molecule has 2 unspecified atom stereocenters. The summed E-state index contributed by atoms with van der Waals surface area (Å²) in [5.41, 5.74) is 5.84. The van der Waals surface area contributed by atoms with E-state index in [2.05, 4.69) is 0 Å². The van der Waals surface area contributed by atoms with Crippen molar-refractivity contribution < 1.29 is 8.78 Å². The Morgan fingerprint density at radius 1 is 1.33 bits per heavy atom. The second-order valence-corrected chi connectivity index (χ2v) is 4.92. The molecule has 0 radical (unpaired) electrons. The lowest BCUT2D eigenvalue weighted by Gasteiger charge is -2.17. The van der Waals surface area contributed by atoms with Crippen LogP contribution in [0.1, 0.15) is 20.3 Å². The first-order valence-electron chi connectivity index (χ1n) is 4.92. The van der Waals surface area contributed by atoms with Crippen molar-refractivity contribution in [2.75, 3.05) is 0 Å². The van der Waals surface area contributed by atoms with E-state index in [0.717, 1.165) is 12.5 Å². The molecule has 0 heterocycles. The van der Waals surface area contributed by atoms with Gasteiger partial charge in [0.1, 0.15) is 0 Å². The molecule has 1 aromatic rings. The van der Waals surface area contributed by atoms with Crippen molar-refractivity contribution in [3.63, 3.8) is 0 Å². The van der Waals surface area contributed by atoms with Gasteiger partial charge in [-0.15, -0.1) is 11.8 Å². The Kier molecular flexibility index (Phi) is 4.54. The molecular formula is C11H15F2NS. The van der Waals surface area contributed by atoms with Crippen LogP contribution in [0.3, 0.4) is 0 Å². The maximum atomic E-state index is 12.9. The van der Waals surface area contributed by atoms with Crippen molar-refractivity contribution in [3.8, 4) is 0 Å². The van der Waals surface area contributed by atoms with Crippen molar-refractivity contribution in [1.29, 1.82) is 0 Å². The quantitative estimate of drug-likeness (QED) is 0.805. The van der Waals surface area contributed by atoms with Crippen LogP contribution >= 0.6 is 11.8 Å². The van der Waals surface area contributed by atoms with E-state index in [-0.39, 0.29) is 11.3 Å². The fourth-order valence-corrected chi connectivity index (χ4v) is 2.30. The summed E-state index contributed by atoms with van der Waals surface area (Å²) in [4.78, 5) is 0.713. The first-order valence-corrected chi connectivity index (χ1v) is 5.79. The van der Waals surface area contributed by atoms with Crippen LogP contribution in [0.4, 0.5) is 8.78 Å². The molecule has 0 fully saturated rings. The molecule has 0 spiro atoms. The highest BCUT2D eigenvalue weighted by atomic mass is 32.2. The molecule has 1 aromatic carbocycles. The van der Waals surface area contributed by atoms with Gasteiger partial charge < -0.3 is 5.73 Å². The molecule has 4 heteroatoms. The highest BCUT2D eigenvalue weighted by Crippen LogP contribution is 2.26. The minimum atomic E-state index is -0.813. The number of hydrogen-bond donors (Lipinski definition) is 1. The highest BCUT2D eigenvalue weighted by Gasteiger charge is 2.13. The molecule has 1 nitrogen and oxygen atoms in total. The summed E-state index contributed by atoms with van der Waals surface area (Å²) in [5.74, 6) is -1.62. The van der Waals surface area contributed by atoms with Gasteiger partial charge in [0.05, 0.1) is 0 Å². The molecule has 2 atom stereocenters. The molecular weight excluding hydrogens is 216 g/mol. The number of nitrogens with two attached hydrogens (primary N) is 1. The van der Waals surface area contributed by atoms with E-state index in [1.807, 2.05) is 13.8 Å². The van der Waals surface area contributed by atoms with Gasteiger partial charge in [0.15, 0.2) is 11.6 Å². The van der Waals surface area contributed by atoms with Crippen molar-refractivity contribution in [2.45, 2.75) is 36.5 Å². The number of rotatable bonds is 4. The van der Waals surface area contributed by atoms with Crippen LogP contribution in [0.15, 0.2) is 23.1 Å². The molecule has 0 amide bonds. The fraction of sp³-hybridized carbons (Fsp3) is 0.455. The molecule has 2 N–H and O–H groups in total. The maximum absolute atomic E-state index is 12.9. The third kappa shape index (κ3) is 3.47. The van der Waals surface area contributed by atoms with Gasteiger partial charge in [-0.1, -0.05) is 13.8 Å². The normalized spacial score (nSPS) is 15.0. The van der Waals surface area contributed by atoms with E-state index in [0.29, 0.717) is 4.90 Å². The first-order chi connectivity index (χ1) is 7.04. The summed E-state index contributed by atoms with van der Waals surface area (Å²) in [6.45, 7) is 3.99. The number of benzene rings is 1. The molecule has 0 aromatic heterocycles. The molecule has 0 aliphatic rings. The molecule has 0 saturated heterocycles. The van der Waals surface area contributed by atoms with Crippen molar-refractivity contribution in [1.82, 2.24) is 0 Å². The van der Waals surface area contributed by atoms with Crippen molar-refractivity contribution in [2.24, 2.45) is 5.73 Å². The zero-order chi connectivity index (χ0) is 11.4. The summed E-state index contributed by atoms with van der Waals surface area (Å²) in [7, 11) is 0. The van der Waals surface area contributed by atoms with Gasteiger partial charge in [-0.3, -0.25) is 0 Å². The topological polar surface area (TPSA) is 26.0 Å². The minimum absolute atomic E-state index is 0.0723. The maximum Gasteiger partial charge on any atom is 0.159 e. The standard InChI is InChI=1S/C11H15F2NS/c1-3-11(14)7(2)15-8-4-5-9(12)10(13)6-8/h4-7,11H,3,14H2,1-2H3. The Balaban J connectivity index is 2.68. The highest BCUT2D eigenvalue weighted by molar-refractivity contribution is 8.00. The van der Waals surface area contributed by atoms with Gasteiger partial charge >= 0.3 is 0 Å². The number of hydrogen-bond acceptors (Lipinski definition) is 2. The predicted octanol–water partition coefficient (Wildman–Crippen LogP) is 3.18. The average molecular weight is 231 g/mol. The molecule has 84 valence electrons. The second kappa shape index (κ2) is 5.47. The zero-order valence-electron chi connectivity index (χ0n) is 8.84. The van der Waals surface area contributed by atoms with E-state index in [1.165, 1.54) is 17.8 Å². The Bertz CT molecular complexity index is 330. The lowest BCUT2D eigenvalue weighted by molar-refractivity contribution is 0.506. The van der Waals surface area contributed by atoms with E-state index in [4.69, 9.17) is 5.73 Å².